The third-order valence-electron chi connectivity index (χ3n) is 3.81. The number of methoxy groups -OCH3 is 1. The molecule has 3 rings (SSSR count). The number of aryl methyl sites for hydroxylation is 1. The van der Waals surface area contributed by atoms with Crippen molar-refractivity contribution in [3.05, 3.63) is 71.2 Å². The van der Waals surface area contributed by atoms with Crippen molar-refractivity contribution in [3.8, 4) is 12.0 Å². The Kier molecular flexibility index (Phi) is 4.58. The van der Waals surface area contributed by atoms with Gasteiger partial charge >= 0.3 is 5.97 Å². The number of ether oxygens (including phenoxy) is 1. The Labute approximate surface area is 149 Å². The van der Waals surface area contributed by atoms with Crippen molar-refractivity contribution in [1.29, 1.82) is 5.26 Å². The summed E-state index contributed by atoms with van der Waals surface area (Å²) in [5, 5.41) is 12.2. The van der Waals surface area contributed by atoms with Crippen LogP contribution in [0.5, 0.6) is 0 Å². The highest BCUT2D eigenvalue weighted by Gasteiger charge is 2.24. The molecule has 0 aliphatic rings. The van der Waals surface area contributed by atoms with Gasteiger partial charge in [-0.3, -0.25) is 9.36 Å². The summed E-state index contributed by atoms with van der Waals surface area (Å²) >= 11 is 0. The molecule has 0 aliphatic carbocycles. The van der Waals surface area contributed by atoms with Crippen molar-refractivity contribution in [2.75, 3.05) is 12.4 Å². The molecule has 0 bridgehead atoms. The Balaban J connectivity index is 1.89. The first kappa shape index (κ1) is 17.0. The van der Waals surface area contributed by atoms with Crippen LogP contribution in [0.15, 0.2) is 53.2 Å². The smallest absolute Gasteiger partial charge is 0.337 e. The van der Waals surface area contributed by atoms with Crippen LogP contribution in [0, 0.1) is 18.3 Å². The van der Waals surface area contributed by atoms with Gasteiger partial charge in [0.05, 0.1) is 12.7 Å². The van der Waals surface area contributed by atoms with Crippen LogP contribution in [0.1, 0.15) is 32.0 Å². The number of nitrogens with one attached hydrogen (secondary N) is 1. The van der Waals surface area contributed by atoms with Crippen LogP contribution in [-0.4, -0.2) is 23.6 Å². The predicted molar refractivity (Wildman–Crippen MR) is 93.2 cm³/mol. The highest BCUT2D eigenvalue weighted by molar-refractivity contribution is 6.07. The van der Waals surface area contributed by atoms with Gasteiger partial charge in [0.25, 0.3) is 5.91 Å². The second-order valence-corrected chi connectivity index (χ2v) is 5.44. The van der Waals surface area contributed by atoms with Crippen LogP contribution in [0.25, 0.3) is 5.88 Å². The Morgan fingerprint density at radius 1 is 1.19 bits per heavy atom. The molecule has 1 aromatic carbocycles. The summed E-state index contributed by atoms with van der Waals surface area (Å²) in [6.07, 6.45) is 3.46. The Morgan fingerprint density at radius 3 is 2.42 bits per heavy atom. The molecule has 0 fully saturated rings. The van der Waals surface area contributed by atoms with E-state index in [1.807, 2.05) is 6.07 Å². The maximum atomic E-state index is 12.6. The molecule has 0 atom stereocenters. The Hall–Kier alpha value is -3.79. The number of nitriles is 1. The summed E-state index contributed by atoms with van der Waals surface area (Å²) in [5.74, 6) is -0.293. The number of furan rings is 1. The zero-order chi connectivity index (χ0) is 18.7. The fourth-order valence-corrected chi connectivity index (χ4v) is 2.56. The minimum absolute atomic E-state index is 0.155. The molecule has 0 saturated heterocycles. The zero-order valence-corrected chi connectivity index (χ0v) is 14.1. The molecule has 7 nitrogen and oxygen atoms in total. The maximum absolute atomic E-state index is 12.6. The molecule has 130 valence electrons. The number of carbonyl (C=O) groups excluding carboxylic acids is 2. The lowest BCUT2D eigenvalue weighted by molar-refractivity contribution is 0.0600. The average molecular weight is 349 g/mol. The molecule has 3 aromatic rings. The summed E-state index contributed by atoms with van der Waals surface area (Å²) in [5.41, 5.74) is 1.18. The second kappa shape index (κ2) is 6.99. The van der Waals surface area contributed by atoms with E-state index in [1.165, 1.54) is 7.11 Å². The topological polar surface area (TPSA) is 97.3 Å². The van der Waals surface area contributed by atoms with Gasteiger partial charge in [-0.2, -0.15) is 5.26 Å². The second-order valence-electron chi connectivity index (χ2n) is 5.44. The Morgan fingerprint density at radius 2 is 1.85 bits per heavy atom. The molecular formula is C19H15N3O4. The van der Waals surface area contributed by atoms with E-state index in [1.54, 1.807) is 60.3 Å². The van der Waals surface area contributed by atoms with Crippen LogP contribution in [0.3, 0.4) is 0 Å². The van der Waals surface area contributed by atoms with Crippen molar-refractivity contribution >= 4 is 17.6 Å². The van der Waals surface area contributed by atoms with Gasteiger partial charge < -0.3 is 14.5 Å². The van der Waals surface area contributed by atoms with Crippen molar-refractivity contribution in [3.63, 3.8) is 0 Å². The number of amides is 1. The number of hydrogen-bond acceptors (Lipinski definition) is 5. The lowest BCUT2D eigenvalue weighted by atomic mass is 10.1. The first-order chi connectivity index (χ1) is 12.5. The van der Waals surface area contributed by atoms with Gasteiger partial charge in [0, 0.05) is 18.1 Å². The third kappa shape index (κ3) is 3.08. The molecule has 0 unspecified atom stereocenters. The van der Waals surface area contributed by atoms with E-state index in [0.29, 0.717) is 22.9 Å². The third-order valence-corrected chi connectivity index (χ3v) is 3.81. The molecule has 0 aliphatic heterocycles. The van der Waals surface area contributed by atoms with E-state index < -0.39 is 11.9 Å². The molecule has 1 amide bonds. The number of aromatic nitrogens is 1. The molecule has 1 N–H and O–H groups in total. The van der Waals surface area contributed by atoms with E-state index in [4.69, 9.17) is 4.42 Å². The first-order valence-corrected chi connectivity index (χ1v) is 7.71. The summed E-state index contributed by atoms with van der Waals surface area (Å²) in [4.78, 5) is 24.1. The normalized spacial score (nSPS) is 10.2. The van der Waals surface area contributed by atoms with Crippen LogP contribution < -0.4 is 5.32 Å². The van der Waals surface area contributed by atoms with Gasteiger partial charge in [0.1, 0.15) is 23.0 Å². The Bertz CT molecular complexity index is 993. The highest BCUT2D eigenvalue weighted by Crippen LogP contribution is 2.26. The molecule has 0 radical (unpaired) electrons. The lowest BCUT2D eigenvalue weighted by Gasteiger charge is -2.06. The standard InChI is InChI=1S/C19H15N3O4/c1-12-16(15(11-20)18(26-12)22-9-3-4-10-22)17(23)21-14-7-5-13(6-8-14)19(24)25-2/h3-10H,1-2H3,(H,21,23). The van der Waals surface area contributed by atoms with Gasteiger partial charge in [0.2, 0.25) is 5.88 Å². The van der Waals surface area contributed by atoms with Gasteiger partial charge in [-0.1, -0.05) is 0 Å². The van der Waals surface area contributed by atoms with Crippen molar-refractivity contribution in [1.82, 2.24) is 4.57 Å². The van der Waals surface area contributed by atoms with Gasteiger partial charge in [-0.15, -0.1) is 0 Å². The van der Waals surface area contributed by atoms with Crippen molar-refractivity contribution in [2.45, 2.75) is 6.92 Å². The summed E-state index contributed by atoms with van der Waals surface area (Å²) in [7, 11) is 1.30. The fourth-order valence-electron chi connectivity index (χ4n) is 2.56. The number of rotatable bonds is 4. The predicted octanol–water partition coefficient (Wildman–Crippen LogP) is 3.29. The minimum atomic E-state index is -0.466. The lowest BCUT2D eigenvalue weighted by Crippen LogP contribution is -2.14. The first-order valence-electron chi connectivity index (χ1n) is 7.71. The van der Waals surface area contributed by atoms with E-state index in [-0.39, 0.29) is 11.1 Å². The zero-order valence-electron chi connectivity index (χ0n) is 14.1. The largest absolute Gasteiger partial charge is 0.465 e. The van der Waals surface area contributed by atoms with Gasteiger partial charge in [-0.25, -0.2) is 4.79 Å². The minimum Gasteiger partial charge on any atom is -0.465 e. The number of hydrogen-bond donors (Lipinski definition) is 1. The summed E-state index contributed by atoms with van der Waals surface area (Å²) in [6.45, 7) is 1.63. The van der Waals surface area contributed by atoms with Crippen LogP contribution in [0.4, 0.5) is 5.69 Å². The molecule has 26 heavy (non-hydrogen) atoms. The number of nitrogens with zero attached hydrogens (tertiary/aromatic N) is 2. The van der Waals surface area contributed by atoms with Crippen LogP contribution in [0.2, 0.25) is 0 Å². The summed E-state index contributed by atoms with van der Waals surface area (Å²) < 4.78 is 11.9. The van der Waals surface area contributed by atoms with Crippen molar-refractivity contribution in [2.24, 2.45) is 0 Å². The van der Waals surface area contributed by atoms with Crippen LogP contribution >= 0.6 is 0 Å². The van der Waals surface area contributed by atoms with Crippen LogP contribution in [-0.2, 0) is 4.74 Å². The maximum Gasteiger partial charge on any atom is 0.337 e. The van der Waals surface area contributed by atoms with E-state index in [0.717, 1.165) is 0 Å². The number of carbonyl (C=O) groups is 2. The highest BCUT2D eigenvalue weighted by atomic mass is 16.5. The molecule has 2 heterocycles. The van der Waals surface area contributed by atoms with E-state index in [2.05, 4.69) is 10.1 Å². The molecule has 0 saturated carbocycles. The quantitative estimate of drug-likeness (QED) is 0.729. The number of benzene rings is 1. The molecular weight excluding hydrogens is 334 g/mol. The SMILES string of the molecule is COC(=O)c1ccc(NC(=O)c2c(C)oc(-n3cccc3)c2C#N)cc1. The molecule has 2 aromatic heterocycles. The van der Waals surface area contributed by atoms with Gasteiger partial charge in [0.15, 0.2) is 0 Å². The monoisotopic (exact) mass is 349 g/mol. The summed E-state index contributed by atoms with van der Waals surface area (Å²) in [6, 6.07) is 11.9. The molecule has 7 heteroatoms. The number of esters is 1. The van der Waals surface area contributed by atoms with Gasteiger partial charge in [-0.05, 0) is 43.3 Å². The van der Waals surface area contributed by atoms with Crippen molar-refractivity contribution < 1.29 is 18.7 Å². The molecule has 0 spiro atoms. The number of anilines is 1. The van der Waals surface area contributed by atoms with E-state index >= 15 is 0 Å². The van der Waals surface area contributed by atoms with E-state index in [9.17, 15) is 14.9 Å². The fraction of sp³-hybridized carbons (Fsp3) is 0.105. The average Bonchev–Trinajstić information content (AvgIpc) is 3.28.